The number of carbonyl (C=O) groups is 2. The number of esters is 1. The molecular formula is C26H30BrFN6O6. The monoisotopic (exact) mass is 620 g/mol. The molecule has 4 rings (SSSR count). The summed E-state index contributed by atoms with van der Waals surface area (Å²) < 4.78 is 32.1. The van der Waals surface area contributed by atoms with Crippen molar-refractivity contribution >= 4 is 33.7 Å². The van der Waals surface area contributed by atoms with E-state index in [4.69, 9.17) is 19.2 Å². The quantitative estimate of drug-likeness (QED) is 0.284. The highest BCUT2D eigenvalue weighted by molar-refractivity contribution is 9.10. The van der Waals surface area contributed by atoms with Crippen LogP contribution >= 0.6 is 15.9 Å². The molecule has 0 saturated carbocycles. The van der Waals surface area contributed by atoms with E-state index in [1.165, 1.54) is 18.5 Å². The van der Waals surface area contributed by atoms with Crippen LogP contribution in [0, 0.1) is 5.82 Å². The van der Waals surface area contributed by atoms with Crippen molar-refractivity contribution in [3.05, 3.63) is 69.8 Å². The minimum atomic E-state index is -1.07. The number of carboxylic acid groups (broad SMARTS) is 1. The van der Waals surface area contributed by atoms with E-state index in [1.807, 2.05) is 11.8 Å². The Labute approximate surface area is 238 Å². The molecule has 2 atom stereocenters. The molecule has 2 unspecified atom stereocenters. The van der Waals surface area contributed by atoms with Gasteiger partial charge in [0.2, 0.25) is 5.82 Å². The topological polar surface area (TPSA) is 140 Å². The minimum Gasteiger partial charge on any atom is -0.497 e. The third-order valence-electron chi connectivity index (χ3n) is 6.12. The lowest BCUT2D eigenvalue weighted by molar-refractivity contribution is -0.155. The molecule has 1 saturated heterocycles. The lowest BCUT2D eigenvalue weighted by Gasteiger charge is -2.34. The van der Waals surface area contributed by atoms with Gasteiger partial charge >= 0.3 is 11.9 Å². The second kappa shape index (κ2) is 13.2. The van der Waals surface area contributed by atoms with Gasteiger partial charge in [-0.2, -0.15) is 0 Å². The molecular weight excluding hydrogens is 591 g/mol. The maximum absolute atomic E-state index is 14.0. The number of aliphatic imine (C=N–C) groups is 1. The summed E-state index contributed by atoms with van der Waals surface area (Å²) in [4.78, 5) is 35.9. The average molecular weight is 621 g/mol. The highest BCUT2D eigenvalue weighted by Gasteiger charge is 2.36. The number of aromatic nitrogens is 3. The van der Waals surface area contributed by atoms with Gasteiger partial charge in [-0.3, -0.25) is 9.89 Å². The van der Waals surface area contributed by atoms with Gasteiger partial charge in [0.1, 0.15) is 23.9 Å². The Hall–Kier alpha value is -3.62. The number of amidine groups is 1. The van der Waals surface area contributed by atoms with Crippen LogP contribution in [0.25, 0.3) is 0 Å². The van der Waals surface area contributed by atoms with Gasteiger partial charge in [0.05, 0.1) is 31.9 Å². The first-order chi connectivity index (χ1) is 19.2. The highest BCUT2D eigenvalue weighted by Crippen LogP contribution is 2.36. The molecule has 0 spiro atoms. The summed E-state index contributed by atoms with van der Waals surface area (Å²) in [7, 11) is 0. The van der Waals surface area contributed by atoms with Crippen LogP contribution in [0.3, 0.4) is 0 Å². The van der Waals surface area contributed by atoms with Gasteiger partial charge in [-0.1, -0.05) is 28.6 Å². The number of carbonyl (C=O) groups excluding carboxylic acids is 1. The molecule has 2 aliphatic rings. The van der Waals surface area contributed by atoms with Crippen LogP contribution in [0.5, 0.6) is 0 Å². The summed E-state index contributed by atoms with van der Waals surface area (Å²) >= 11 is 3.41. The molecule has 1 fully saturated rings. The fraction of sp³-hybridized carbons (Fsp3) is 0.423. The SMILES string of the molecule is C=C(Cn1cnc(C2=NC(c3ccc(F)cc3Br)C(C(=O)OCC)=C(CN3CCOC(C(=O)O)C3)N2)n1)OCC. The van der Waals surface area contributed by atoms with E-state index >= 15 is 0 Å². The molecule has 2 aromatic rings. The zero-order valence-corrected chi connectivity index (χ0v) is 23.7. The van der Waals surface area contributed by atoms with Crippen LogP contribution in [0.4, 0.5) is 4.39 Å². The van der Waals surface area contributed by atoms with Gasteiger partial charge in [0, 0.05) is 29.8 Å². The number of rotatable bonds is 11. The molecule has 12 nitrogen and oxygen atoms in total. The normalized spacial score (nSPS) is 19.6. The van der Waals surface area contributed by atoms with Gasteiger partial charge < -0.3 is 24.6 Å². The molecule has 1 aromatic heterocycles. The Morgan fingerprint density at radius 3 is 2.77 bits per heavy atom. The van der Waals surface area contributed by atoms with Crippen LogP contribution in [-0.4, -0.2) is 88.1 Å². The number of carboxylic acids is 1. The van der Waals surface area contributed by atoms with Crippen molar-refractivity contribution in [3.63, 3.8) is 0 Å². The fourth-order valence-corrected chi connectivity index (χ4v) is 4.93. The number of benzene rings is 1. The largest absolute Gasteiger partial charge is 0.497 e. The lowest BCUT2D eigenvalue weighted by Crippen LogP contribution is -2.48. The predicted molar refractivity (Wildman–Crippen MR) is 145 cm³/mol. The molecule has 2 N–H and O–H groups in total. The lowest BCUT2D eigenvalue weighted by atomic mass is 9.95. The van der Waals surface area contributed by atoms with E-state index in [0.717, 1.165) is 0 Å². The third-order valence-corrected chi connectivity index (χ3v) is 6.81. The summed E-state index contributed by atoms with van der Waals surface area (Å²) in [5.41, 5.74) is 1.17. The molecule has 3 heterocycles. The van der Waals surface area contributed by atoms with Crippen LogP contribution < -0.4 is 5.32 Å². The molecule has 0 aliphatic carbocycles. The van der Waals surface area contributed by atoms with E-state index in [0.29, 0.717) is 34.6 Å². The fourth-order valence-electron chi connectivity index (χ4n) is 4.36. The summed E-state index contributed by atoms with van der Waals surface area (Å²) in [5, 5.41) is 17.1. The summed E-state index contributed by atoms with van der Waals surface area (Å²) in [5.74, 6) is -1.11. The van der Waals surface area contributed by atoms with Crippen molar-refractivity contribution in [1.82, 2.24) is 25.0 Å². The van der Waals surface area contributed by atoms with Crippen molar-refractivity contribution in [3.8, 4) is 0 Å². The van der Waals surface area contributed by atoms with Crippen molar-refractivity contribution < 1.29 is 33.3 Å². The van der Waals surface area contributed by atoms with E-state index in [-0.39, 0.29) is 50.1 Å². The first-order valence-electron chi connectivity index (χ1n) is 12.7. The Balaban J connectivity index is 1.76. The van der Waals surface area contributed by atoms with Crippen molar-refractivity contribution in [2.24, 2.45) is 4.99 Å². The van der Waals surface area contributed by atoms with E-state index in [9.17, 15) is 19.1 Å². The minimum absolute atomic E-state index is 0.112. The summed E-state index contributed by atoms with van der Waals surface area (Å²) in [6, 6.07) is 3.22. The van der Waals surface area contributed by atoms with Crippen LogP contribution in [0.1, 0.15) is 31.3 Å². The number of ether oxygens (including phenoxy) is 3. The highest BCUT2D eigenvalue weighted by atomic mass is 79.9. The average Bonchev–Trinajstić information content (AvgIpc) is 3.37. The number of aliphatic carboxylic acids is 1. The molecule has 1 aromatic carbocycles. The van der Waals surface area contributed by atoms with Crippen molar-refractivity contribution in [1.29, 1.82) is 0 Å². The first kappa shape index (κ1) is 29.4. The van der Waals surface area contributed by atoms with Crippen LogP contribution in [0.15, 0.2) is 57.6 Å². The molecule has 0 radical (unpaired) electrons. The zero-order valence-electron chi connectivity index (χ0n) is 22.1. The molecule has 40 heavy (non-hydrogen) atoms. The summed E-state index contributed by atoms with van der Waals surface area (Å²) in [6.07, 6.45) is 0.505. The number of halogens is 2. The number of allylic oxidation sites excluding steroid dienone is 1. The predicted octanol–water partition coefficient (Wildman–Crippen LogP) is 2.42. The van der Waals surface area contributed by atoms with Gasteiger partial charge in [0.15, 0.2) is 11.9 Å². The second-order valence-electron chi connectivity index (χ2n) is 8.95. The third kappa shape index (κ3) is 6.92. The molecule has 2 aliphatic heterocycles. The molecule has 14 heteroatoms. The smallest absolute Gasteiger partial charge is 0.338 e. The number of hydrogen-bond donors (Lipinski definition) is 2. The molecule has 0 amide bonds. The Morgan fingerprint density at radius 1 is 1.30 bits per heavy atom. The molecule has 214 valence electrons. The number of morpholine rings is 1. The zero-order chi connectivity index (χ0) is 28.8. The van der Waals surface area contributed by atoms with E-state index < -0.39 is 29.9 Å². The second-order valence-corrected chi connectivity index (χ2v) is 9.81. The maximum atomic E-state index is 14.0. The Bertz CT molecular complexity index is 1340. The van der Waals surface area contributed by atoms with Gasteiger partial charge in [-0.05, 0) is 31.5 Å². The summed E-state index contributed by atoms with van der Waals surface area (Å²) in [6.45, 7) is 9.21. The maximum Gasteiger partial charge on any atom is 0.338 e. The number of nitrogens with zero attached hydrogens (tertiary/aromatic N) is 5. The van der Waals surface area contributed by atoms with Crippen LogP contribution in [0.2, 0.25) is 0 Å². The van der Waals surface area contributed by atoms with Gasteiger partial charge in [0.25, 0.3) is 0 Å². The van der Waals surface area contributed by atoms with Crippen molar-refractivity contribution in [2.75, 3.05) is 39.5 Å². The number of hydrogen-bond acceptors (Lipinski definition) is 10. The Kier molecular flexibility index (Phi) is 9.66. The van der Waals surface area contributed by atoms with E-state index in [2.05, 4.69) is 37.9 Å². The Morgan fingerprint density at radius 2 is 2.08 bits per heavy atom. The standard InChI is InChI=1S/C26H30BrFN6O6/c1-4-38-15(3)11-34-14-29-23(32-34)24-30-19(12-33-8-9-40-20(13-33)25(35)36)21(26(37)39-5-2)22(31-24)17-7-6-16(28)10-18(17)27/h6-7,10,14,20,22H,3-5,8-9,11-13H2,1-2H3,(H,30,31)(H,35,36). The van der Waals surface area contributed by atoms with Gasteiger partial charge in [-0.15, -0.1) is 5.10 Å². The van der Waals surface area contributed by atoms with Crippen LogP contribution in [-0.2, 0) is 30.3 Å². The van der Waals surface area contributed by atoms with Crippen molar-refractivity contribution in [2.45, 2.75) is 32.5 Å². The first-order valence-corrected chi connectivity index (χ1v) is 13.5. The van der Waals surface area contributed by atoms with E-state index in [1.54, 1.807) is 17.7 Å². The molecule has 0 bridgehead atoms. The van der Waals surface area contributed by atoms with Gasteiger partial charge in [-0.25, -0.2) is 23.6 Å². The number of nitrogens with one attached hydrogen (secondary N) is 1.